The molecule has 1 aliphatic heterocycles. The largest absolute Gasteiger partial charge is 0.344 e. The van der Waals surface area contributed by atoms with Crippen LogP contribution < -0.4 is 5.32 Å². The summed E-state index contributed by atoms with van der Waals surface area (Å²) in [6, 6.07) is -0.330. The number of hydrogen-bond acceptors (Lipinski definition) is 3. The van der Waals surface area contributed by atoms with Crippen LogP contribution in [-0.2, 0) is 9.59 Å². The van der Waals surface area contributed by atoms with Gasteiger partial charge in [0.25, 0.3) is 0 Å². The average molecular weight is 244 g/mol. The molecule has 4 nitrogen and oxygen atoms in total. The first-order chi connectivity index (χ1) is 7.58. The van der Waals surface area contributed by atoms with E-state index in [4.69, 9.17) is 0 Å². The second-order valence-corrected chi connectivity index (χ2v) is 5.39. The zero-order valence-electron chi connectivity index (χ0n) is 10.2. The van der Waals surface area contributed by atoms with Gasteiger partial charge in [0.1, 0.15) is 6.04 Å². The molecule has 2 atom stereocenters. The van der Waals surface area contributed by atoms with Crippen LogP contribution in [0.15, 0.2) is 0 Å². The third-order valence-corrected chi connectivity index (χ3v) is 3.80. The Bertz CT molecular complexity index is 271. The van der Waals surface area contributed by atoms with Crippen LogP contribution in [0.25, 0.3) is 0 Å². The summed E-state index contributed by atoms with van der Waals surface area (Å²) in [7, 11) is 0. The Hall–Kier alpha value is -0.710. The molecule has 1 fully saturated rings. The predicted octanol–water partition coefficient (Wildman–Crippen LogP) is 0.865. The number of thioether (sulfide) groups is 1. The molecule has 2 unspecified atom stereocenters. The number of carbonyl (C=O) groups excluding carboxylic acids is 2. The molecule has 0 saturated carbocycles. The summed E-state index contributed by atoms with van der Waals surface area (Å²) in [4.78, 5) is 25.3. The molecule has 2 amide bonds. The molecule has 0 aromatic heterocycles. The van der Waals surface area contributed by atoms with Crippen molar-refractivity contribution in [2.75, 3.05) is 19.3 Å². The van der Waals surface area contributed by atoms with Crippen molar-refractivity contribution in [2.24, 2.45) is 0 Å². The molecule has 16 heavy (non-hydrogen) atoms. The van der Waals surface area contributed by atoms with Crippen molar-refractivity contribution in [3.05, 3.63) is 0 Å². The molecule has 1 N–H and O–H groups in total. The van der Waals surface area contributed by atoms with Crippen molar-refractivity contribution in [1.29, 1.82) is 0 Å². The Kier molecular flexibility index (Phi) is 5.12. The van der Waals surface area contributed by atoms with E-state index in [0.717, 1.165) is 6.54 Å². The Balaban J connectivity index is 2.68. The second-order valence-electron chi connectivity index (χ2n) is 4.11. The summed E-state index contributed by atoms with van der Waals surface area (Å²) in [6.45, 7) is 5.29. The van der Waals surface area contributed by atoms with E-state index in [1.54, 1.807) is 11.8 Å². The van der Waals surface area contributed by atoms with Crippen LogP contribution in [0.1, 0.15) is 26.7 Å². The van der Waals surface area contributed by atoms with Gasteiger partial charge in [0.2, 0.25) is 11.8 Å². The summed E-state index contributed by atoms with van der Waals surface area (Å²) in [5, 5.41) is 3.17. The highest BCUT2D eigenvalue weighted by Gasteiger charge is 2.28. The molecule has 0 spiro atoms. The van der Waals surface area contributed by atoms with Crippen molar-refractivity contribution in [3.8, 4) is 0 Å². The van der Waals surface area contributed by atoms with Crippen LogP contribution in [0.4, 0.5) is 0 Å². The maximum atomic E-state index is 12.1. The van der Waals surface area contributed by atoms with Gasteiger partial charge in [0.05, 0.1) is 0 Å². The smallest absolute Gasteiger partial charge is 0.245 e. The molecule has 0 aliphatic carbocycles. The number of hydrogen-bond donors (Lipinski definition) is 1. The minimum atomic E-state index is -0.330. The third-order valence-electron chi connectivity index (χ3n) is 2.84. The van der Waals surface area contributed by atoms with Crippen LogP contribution in [0.5, 0.6) is 0 Å². The molecule has 1 aliphatic rings. The fraction of sp³-hybridized carbons (Fsp3) is 0.818. The molecule has 5 heteroatoms. The lowest BCUT2D eigenvalue weighted by Crippen LogP contribution is -2.45. The highest BCUT2D eigenvalue weighted by molar-refractivity contribution is 7.99. The first-order valence-corrected chi connectivity index (χ1v) is 6.98. The topological polar surface area (TPSA) is 49.4 Å². The van der Waals surface area contributed by atoms with Gasteiger partial charge in [0.15, 0.2) is 0 Å². The predicted molar refractivity (Wildman–Crippen MR) is 66.4 cm³/mol. The molecule has 0 bridgehead atoms. The molecule has 0 aromatic rings. The van der Waals surface area contributed by atoms with Gasteiger partial charge in [-0.1, -0.05) is 13.8 Å². The van der Waals surface area contributed by atoms with Crippen LogP contribution in [0, 0.1) is 0 Å². The lowest BCUT2D eigenvalue weighted by Gasteiger charge is -2.25. The van der Waals surface area contributed by atoms with Crippen molar-refractivity contribution in [2.45, 2.75) is 38.0 Å². The van der Waals surface area contributed by atoms with Crippen molar-refractivity contribution in [3.63, 3.8) is 0 Å². The van der Waals surface area contributed by atoms with Gasteiger partial charge in [-0.05, 0) is 12.7 Å². The summed E-state index contributed by atoms with van der Waals surface area (Å²) < 4.78 is 0. The molecule has 0 radical (unpaired) electrons. The summed E-state index contributed by atoms with van der Waals surface area (Å²) in [5.74, 6) is 0.0498. The Morgan fingerprint density at radius 2 is 2.25 bits per heavy atom. The van der Waals surface area contributed by atoms with E-state index in [9.17, 15) is 9.59 Å². The van der Waals surface area contributed by atoms with Gasteiger partial charge in [-0.2, -0.15) is 11.8 Å². The highest BCUT2D eigenvalue weighted by Crippen LogP contribution is 2.12. The molecule has 92 valence electrons. The van der Waals surface area contributed by atoms with Crippen molar-refractivity contribution >= 4 is 23.6 Å². The quantitative estimate of drug-likeness (QED) is 0.798. The normalized spacial score (nSPS) is 23.9. The average Bonchev–Trinajstić information content (AvgIpc) is 2.41. The number of carbonyl (C=O) groups is 2. The zero-order valence-corrected chi connectivity index (χ0v) is 11.0. The Morgan fingerprint density at radius 3 is 2.81 bits per heavy atom. The van der Waals surface area contributed by atoms with E-state index in [2.05, 4.69) is 12.2 Å². The lowest BCUT2D eigenvalue weighted by atomic mass is 10.2. The molecule has 1 rings (SSSR count). The molecule has 1 heterocycles. The maximum absolute atomic E-state index is 12.1. The van der Waals surface area contributed by atoms with Gasteiger partial charge in [0, 0.05) is 24.8 Å². The van der Waals surface area contributed by atoms with Gasteiger partial charge in [-0.15, -0.1) is 0 Å². The van der Waals surface area contributed by atoms with E-state index < -0.39 is 0 Å². The monoisotopic (exact) mass is 244 g/mol. The molecular weight excluding hydrogens is 224 g/mol. The number of nitrogens with zero attached hydrogens (tertiary/aromatic N) is 1. The number of amides is 2. The van der Waals surface area contributed by atoms with E-state index in [1.807, 2.05) is 18.1 Å². The molecular formula is C11H20N2O2S. The summed E-state index contributed by atoms with van der Waals surface area (Å²) in [5.41, 5.74) is 0. The van der Waals surface area contributed by atoms with Crippen molar-refractivity contribution in [1.82, 2.24) is 10.2 Å². The van der Waals surface area contributed by atoms with Gasteiger partial charge in [-0.25, -0.2) is 0 Å². The third kappa shape index (κ3) is 3.40. The van der Waals surface area contributed by atoms with E-state index in [-0.39, 0.29) is 17.9 Å². The SMILES string of the molecule is CCC1NC(=O)CCN(CC(C)SC)C1=O. The van der Waals surface area contributed by atoms with E-state index in [1.165, 1.54) is 0 Å². The minimum absolute atomic E-state index is 0.0143. The fourth-order valence-electron chi connectivity index (χ4n) is 1.74. The minimum Gasteiger partial charge on any atom is -0.344 e. The maximum Gasteiger partial charge on any atom is 0.245 e. The number of nitrogens with one attached hydrogen (secondary N) is 1. The van der Waals surface area contributed by atoms with Crippen LogP contribution in [0.3, 0.4) is 0 Å². The van der Waals surface area contributed by atoms with Crippen LogP contribution in [0.2, 0.25) is 0 Å². The molecule has 0 aromatic carbocycles. The highest BCUT2D eigenvalue weighted by atomic mass is 32.2. The van der Waals surface area contributed by atoms with Gasteiger partial charge >= 0.3 is 0 Å². The van der Waals surface area contributed by atoms with Crippen LogP contribution >= 0.6 is 11.8 Å². The van der Waals surface area contributed by atoms with Crippen LogP contribution in [-0.4, -0.2) is 47.4 Å². The van der Waals surface area contributed by atoms with Crippen molar-refractivity contribution < 1.29 is 9.59 Å². The Morgan fingerprint density at radius 1 is 1.56 bits per heavy atom. The van der Waals surface area contributed by atoms with E-state index >= 15 is 0 Å². The van der Waals surface area contributed by atoms with Gasteiger partial charge in [-0.3, -0.25) is 9.59 Å². The zero-order chi connectivity index (χ0) is 12.1. The fourth-order valence-corrected chi connectivity index (χ4v) is 2.07. The summed E-state index contributed by atoms with van der Waals surface area (Å²) >= 11 is 1.74. The van der Waals surface area contributed by atoms with Gasteiger partial charge < -0.3 is 10.2 Å². The first kappa shape index (κ1) is 13.4. The number of rotatable bonds is 4. The Labute approximate surface area is 101 Å². The second kappa shape index (κ2) is 6.13. The lowest BCUT2D eigenvalue weighted by molar-refractivity contribution is -0.133. The summed E-state index contributed by atoms with van der Waals surface area (Å²) in [6.07, 6.45) is 3.12. The first-order valence-electron chi connectivity index (χ1n) is 5.69. The standard InChI is InChI=1S/C11H20N2O2S/c1-4-9-11(15)13(7-8(2)16-3)6-5-10(14)12-9/h8-9H,4-7H2,1-3H3,(H,12,14). The van der Waals surface area contributed by atoms with E-state index in [0.29, 0.717) is 24.6 Å². The molecule has 1 saturated heterocycles.